The zero-order valence-corrected chi connectivity index (χ0v) is 14.7. The number of rotatable bonds is 3. The number of hydrogen-bond acceptors (Lipinski definition) is 3. The molecule has 3 rings (SSSR count). The standard InChI is InChI=1S/C18H11ClFNOS2/c19-14-11-13(9-10-15(14)20)21-17(22)16(24-18(21)23)8-4-7-12-5-2-1-3-6-12/h1-11H/b7-4-,16-8-. The Balaban J connectivity index is 1.82. The van der Waals surface area contributed by atoms with E-state index in [1.165, 1.54) is 34.9 Å². The van der Waals surface area contributed by atoms with Crippen LogP contribution in [0.3, 0.4) is 0 Å². The van der Waals surface area contributed by atoms with Crippen molar-refractivity contribution in [3.63, 3.8) is 0 Å². The van der Waals surface area contributed by atoms with Gasteiger partial charge in [0.15, 0.2) is 4.32 Å². The first-order valence-corrected chi connectivity index (χ1v) is 8.61. The summed E-state index contributed by atoms with van der Waals surface area (Å²) in [6.07, 6.45) is 5.43. The Morgan fingerprint density at radius 1 is 1.17 bits per heavy atom. The lowest BCUT2D eigenvalue weighted by atomic mass is 10.2. The highest BCUT2D eigenvalue weighted by molar-refractivity contribution is 8.27. The molecule has 1 aliphatic rings. The monoisotopic (exact) mass is 375 g/mol. The minimum Gasteiger partial charge on any atom is -0.268 e. The van der Waals surface area contributed by atoms with Crippen LogP contribution in [0.25, 0.3) is 6.08 Å². The van der Waals surface area contributed by atoms with Crippen LogP contribution in [0.1, 0.15) is 5.56 Å². The van der Waals surface area contributed by atoms with Crippen molar-refractivity contribution in [2.45, 2.75) is 0 Å². The second-order valence-corrected chi connectivity index (χ2v) is 6.99. The van der Waals surface area contributed by atoms with Crippen molar-refractivity contribution >= 4 is 57.6 Å². The van der Waals surface area contributed by atoms with Crippen LogP contribution in [-0.4, -0.2) is 10.2 Å². The van der Waals surface area contributed by atoms with Crippen LogP contribution < -0.4 is 4.90 Å². The van der Waals surface area contributed by atoms with Gasteiger partial charge in [-0.25, -0.2) is 4.39 Å². The number of halogens is 2. The van der Waals surface area contributed by atoms with Gasteiger partial charge < -0.3 is 0 Å². The fraction of sp³-hybridized carbons (Fsp3) is 0. The van der Waals surface area contributed by atoms with Crippen LogP contribution in [0.15, 0.2) is 65.6 Å². The Morgan fingerprint density at radius 3 is 2.62 bits per heavy atom. The van der Waals surface area contributed by atoms with E-state index in [0.29, 0.717) is 14.9 Å². The Labute approximate surface area is 153 Å². The van der Waals surface area contributed by atoms with Gasteiger partial charge in [-0.1, -0.05) is 78.1 Å². The van der Waals surface area contributed by atoms with Gasteiger partial charge in [0.1, 0.15) is 5.82 Å². The van der Waals surface area contributed by atoms with Crippen LogP contribution in [0.4, 0.5) is 10.1 Å². The molecule has 0 aliphatic carbocycles. The van der Waals surface area contributed by atoms with Crippen LogP contribution >= 0.6 is 35.6 Å². The van der Waals surface area contributed by atoms with E-state index >= 15 is 0 Å². The molecule has 1 heterocycles. The van der Waals surface area contributed by atoms with Gasteiger partial charge in [0.2, 0.25) is 0 Å². The van der Waals surface area contributed by atoms with Crippen LogP contribution in [0.2, 0.25) is 5.02 Å². The van der Waals surface area contributed by atoms with E-state index in [0.717, 1.165) is 5.56 Å². The minimum atomic E-state index is -0.535. The SMILES string of the molecule is O=C1/C(=C/C=C\c2ccccc2)SC(=S)N1c1ccc(F)c(Cl)c1. The molecule has 0 saturated carbocycles. The van der Waals surface area contributed by atoms with E-state index in [1.807, 2.05) is 36.4 Å². The fourth-order valence-corrected chi connectivity index (χ4v) is 3.56. The molecule has 0 spiro atoms. The van der Waals surface area contributed by atoms with Gasteiger partial charge >= 0.3 is 0 Å². The number of amides is 1. The second kappa shape index (κ2) is 7.30. The number of thioether (sulfide) groups is 1. The minimum absolute atomic E-state index is 0.0468. The molecule has 1 fully saturated rings. The molecule has 1 aliphatic heterocycles. The fourth-order valence-electron chi connectivity index (χ4n) is 2.14. The molecular weight excluding hydrogens is 365 g/mol. The summed E-state index contributed by atoms with van der Waals surface area (Å²) >= 11 is 12.3. The number of hydrogen-bond donors (Lipinski definition) is 0. The van der Waals surface area contributed by atoms with Crippen molar-refractivity contribution in [2.75, 3.05) is 4.90 Å². The topological polar surface area (TPSA) is 20.3 Å². The lowest BCUT2D eigenvalue weighted by molar-refractivity contribution is -0.113. The molecule has 0 radical (unpaired) electrons. The highest BCUT2D eigenvalue weighted by Crippen LogP contribution is 2.36. The number of anilines is 1. The molecule has 0 N–H and O–H groups in total. The molecule has 6 heteroatoms. The maximum absolute atomic E-state index is 13.3. The number of benzene rings is 2. The average molecular weight is 376 g/mol. The number of thiocarbonyl (C=S) groups is 1. The van der Waals surface area contributed by atoms with E-state index in [2.05, 4.69) is 0 Å². The molecule has 2 aromatic carbocycles. The average Bonchev–Trinajstić information content (AvgIpc) is 2.85. The third-order valence-corrected chi connectivity index (χ3v) is 4.90. The molecule has 0 atom stereocenters. The quantitative estimate of drug-likeness (QED) is 0.526. The first-order valence-electron chi connectivity index (χ1n) is 7.01. The van der Waals surface area contributed by atoms with Crippen molar-refractivity contribution in [3.8, 4) is 0 Å². The third-order valence-electron chi connectivity index (χ3n) is 3.29. The van der Waals surface area contributed by atoms with Crippen molar-refractivity contribution in [1.82, 2.24) is 0 Å². The Kier molecular flexibility index (Phi) is 5.14. The summed E-state index contributed by atoms with van der Waals surface area (Å²) in [5, 5.41) is -0.0468. The van der Waals surface area contributed by atoms with E-state index in [9.17, 15) is 9.18 Å². The van der Waals surface area contributed by atoms with Gasteiger partial charge in [0.05, 0.1) is 15.6 Å². The van der Waals surface area contributed by atoms with Crippen molar-refractivity contribution in [2.24, 2.45) is 0 Å². The summed E-state index contributed by atoms with van der Waals surface area (Å²) in [6, 6.07) is 13.9. The van der Waals surface area contributed by atoms with Crippen LogP contribution in [0, 0.1) is 5.82 Å². The van der Waals surface area contributed by atoms with Gasteiger partial charge in [-0.2, -0.15) is 0 Å². The highest BCUT2D eigenvalue weighted by atomic mass is 35.5. The number of carbonyl (C=O) groups is 1. The van der Waals surface area contributed by atoms with E-state index < -0.39 is 5.82 Å². The lowest BCUT2D eigenvalue weighted by Gasteiger charge is -2.14. The summed E-state index contributed by atoms with van der Waals surface area (Å²) in [4.78, 5) is 14.4. The number of carbonyl (C=O) groups excluding carboxylic acids is 1. The van der Waals surface area contributed by atoms with Crippen LogP contribution in [0.5, 0.6) is 0 Å². The Hall–Kier alpha value is -1.95. The normalized spacial score (nSPS) is 16.6. The molecule has 0 bridgehead atoms. The van der Waals surface area contributed by atoms with Gasteiger partial charge in [0, 0.05) is 0 Å². The highest BCUT2D eigenvalue weighted by Gasteiger charge is 2.33. The Morgan fingerprint density at radius 2 is 1.92 bits per heavy atom. The molecule has 24 heavy (non-hydrogen) atoms. The zero-order chi connectivity index (χ0) is 17.1. The summed E-state index contributed by atoms with van der Waals surface area (Å²) < 4.78 is 13.7. The first kappa shape index (κ1) is 16.9. The largest absolute Gasteiger partial charge is 0.270 e. The summed E-state index contributed by atoms with van der Waals surface area (Å²) in [5.74, 6) is -0.780. The Bertz CT molecular complexity index is 865. The van der Waals surface area contributed by atoms with E-state index in [1.54, 1.807) is 12.2 Å². The van der Waals surface area contributed by atoms with Gasteiger partial charge in [-0.15, -0.1) is 0 Å². The molecule has 2 aromatic rings. The molecule has 120 valence electrons. The number of allylic oxidation sites excluding steroid dienone is 2. The van der Waals surface area contributed by atoms with Gasteiger partial charge in [-0.3, -0.25) is 9.69 Å². The summed E-state index contributed by atoms with van der Waals surface area (Å²) in [7, 11) is 0. The predicted molar refractivity (Wildman–Crippen MR) is 103 cm³/mol. The van der Waals surface area contributed by atoms with Crippen molar-refractivity contribution < 1.29 is 9.18 Å². The molecular formula is C18H11ClFNOS2. The zero-order valence-electron chi connectivity index (χ0n) is 12.3. The van der Waals surface area contributed by atoms with Crippen molar-refractivity contribution in [3.05, 3.63) is 82.0 Å². The second-order valence-electron chi connectivity index (χ2n) is 4.91. The molecule has 1 saturated heterocycles. The van der Waals surface area contributed by atoms with E-state index in [4.69, 9.17) is 23.8 Å². The van der Waals surface area contributed by atoms with E-state index in [-0.39, 0.29) is 10.9 Å². The smallest absolute Gasteiger partial charge is 0.268 e. The third kappa shape index (κ3) is 3.59. The summed E-state index contributed by atoms with van der Waals surface area (Å²) in [6.45, 7) is 0. The van der Waals surface area contributed by atoms with Gasteiger partial charge in [-0.05, 0) is 29.8 Å². The maximum Gasteiger partial charge on any atom is 0.270 e. The van der Waals surface area contributed by atoms with Crippen molar-refractivity contribution in [1.29, 1.82) is 0 Å². The van der Waals surface area contributed by atoms with Crippen LogP contribution in [-0.2, 0) is 4.79 Å². The maximum atomic E-state index is 13.3. The summed E-state index contributed by atoms with van der Waals surface area (Å²) in [5.41, 5.74) is 1.49. The first-order chi connectivity index (χ1) is 11.6. The van der Waals surface area contributed by atoms with Gasteiger partial charge in [0.25, 0.3) is 5.91 Å². The molecule has 0 aromatic heterocycles. The number of nitrogens with zero attached hydrogens (tertiary/aromatic N) is 1. The predicted octanol–water partition coefficient (Wildman–Crippen LogP) is 5.44. The molecule has 1 amide bonds. The molecule has 2 nitrogen and oxygen atoms in total. The lowest BCUT2D eigenvalue weighted by Crippen LogP contribution is -2.27. The molecule has 0 unspecified atom stereocenters.